The van der Waals surface area contributed by atoms with Crippen molar-refractivity contribution < 1.29 is 14.3 Å². The number of rotatable bonds is 7. The summed E-state index contributed by atoms with van der Waals surface area (Å²) < 4.78 is 11.2. The van der Waals surface area contributed by atoms with E-state index in [-0.39, 0.29) is 0 Å². The predicted molar refractivity (Wildman–Crippen MR) is 142 cm³/mol. The van der Waals surface area contributed by atoms with Gasteiger partial charge in [0, 0.05) is 12.6 Å². The maximum atomic E-state index is 12.3. The monoisotopic (exact) mass is 517 g/mol. The highest BCUT2D eigenvalue weighted by Crippen LogP contribution is 2.34. The van der Waals surface area contributed by atoms with Crippen LogP contribution in [0.15, 0.2) is 91.0 Å². The summed E-state index contributed by atoms with van der Waals surface area (Å²) in [6, 6.07) is 27.8. The van der Waals surface area contributed by atoms with Crippen LogP contribution in [0.5, 0.6) is 17.2 Å². The number of benzene rings is 4. The van der Waals surface area contributed by atoms with Crippen LogP contribution in [0.3, 0.4) is 0 Å². The summed E-state index contributed by atoms with van der Waals surface area (Å²) in [7, 11) is 0. The minimum atomic E-state index is -0.535. The predicted octanol–water partition coefficient (Wildman–Crippen LogP) is 7.66. The lowest BCUT2D eigenvalue weighted by atomic mass is 10.1. The second-order valence-electron chi connectivity index (χ2n) is 7.99. The van der Waals surface area contributed by atoms with Crippen LogP contribution in [0, 0.1) is 0 Å². The van der Waals surface area contributed by atoms with E-state index in [1.54, 1.807) is 36.4 Å². The second-order valence-corrected chi connectivity index (χ2v) is 8.80. The molecule has 0 aliphatic heterocycles. The molecule has 1 amide bonds. The number of amides is 1. The lowest BCUT2D eigenvalue weighted by molar-refractivity contribution is 0.200. The van der Waals surface area contributed by atoms with Crippen molar-refractivity contribution in [3.63, 3.8) is 0 Å². The summed E-state index contributed by atoms with van der Waals surface area (Å²) in [5.41, 5.74) is 3.09. The van der Waals surface area contributed by atoms with Crippen LogP contribution in [0.4, 0.5) is 4.79 Å². The van der Waals surface area contributed by atoms with E-state index >= 15 is 0 Å². The molecule has 36 heavy (non-hydrogen) atoms. The van der Waals surface area contributed by atoms with Crippen molar-refractivity contribution in [2.24, 2.45) is 0 Å². The van der Waals surface area contributed by atoms with Crippen molar-refractivity contribution in [2.45, 2.75) is 6.42 Å². The number of hydrogen-bond acceptors (Lipinski definition) is 4. The number of imidazole rings is 1. The minimum absolute atomic E-state index is 0.392. The van der Waals surface area contributed by atoms with Crippen LogP contribution >= 0.6 is 23.2 Å². The van der Waals surface area contributed by atoms with E-state index in [2.05, 4.69) is 15.3 Å². The first kappa shape index (κ1) is 23.7. The number of carbonyl (C=O) groups is 1. The van der Waals surface area contributed by atoms with Crippen molar-refractivity contribution in [3.8, 4) is 28.6 Å². The summed E-state index contributed by atoms with van der Waals surface area (Å²) in [5, 5.41) is 3.77. The van der Waals surface area contributed by atoms with E-state index in [0.717, 1.165) is 17.1 Å². The quantitative estimate of drug-likeness (QED) is 0.232. The summed E-state index contributed by atoms with van der Waals surface area (Å²) in [6.07, 6.45) is 0.120. The summed E-state index contributed by atoms with van der Waals surface area (Å²) in [6.45, 7) is 0.430. The average Bonchev–Trinajstić information content (AvgIpc) is 3.28. The molecule has 0 saturated heterocycles. The van der Waals surface area contributed by atoms with E-state index in [1.807, 2.05) is 54.6 Å². The fourth-order valence-corrected chi connectivity index (χ4v) is 4.27. The van der Waals surface area contributed by atoms with E-state index in [9.17, 15) is 4.79 Å². The first-order valence-electron chi connectivity index (χ1n) is 11.3. The Bertz CT molecular complexity index is 1480. The van der Waals surface area contributed by atoms with Crippen LogP contribution in [0.2, 0.25) is 10.0 Å². The standard InChI is InChI=1S/C28H21Cl2N3O3/c29-22-7-4-8-23(30)26(22)27-32-24-14-13-21(17-25(24)33-27)36-28(34)31-16-15-18-9-11-20(12-10-18)35-19-5-2-1-3-6-19/h1-14,17H,15-16H2,(H,31,34)(H,32,33). The number of ether oxygens (including phenoxy) is 2. The van der Waals surface area contributed by atoms with Crippen molar-refractivity contribution >= 4 is 40.3 Å². The molecular weight excluding hydrogens is 497 g/mol. The molecule has 0 spiro atoms. The van der Waals surface area contributed by atoms with Gasteiger partial charge in [0.25, 0.3) is 0 Å². The molecule has 6 nitrogen and oxygen atoms in total. The molecule has 0 saturated carbocycles. The zero-order valence-corrected chi connectivity index (χ0v) is 20.5. The van der Waals surface area contributed by atoms with Crippen molar-refractivity contribution in [1.29, 1.82) is 0 Å². The molecule has 0 radical (unpaired) electrons. The van der Waals surface area contributed by atoms with E-state index in [4.69, 9.17) is 32.7 Å². The normalized spacial score (nSPS) is 10.8. The molecule has 1 aromatic heterocycles. The smallest absolute Gasteiger partial charge is 0.412 e. The molecular formula is C28H21Cl2N3O3. The van der Waals surface area contributed by atoms with Crippen molar-refractivity contribution in [1.82, 2.24) is 15.3 Å². The van der Waals surface area contributed by atoms with Crippen LogP contribution < -0.4 is 14.8 Å². The van der Waals surface area contributed by atoms with Crippen LogP contribution in [0.1, 0.15) is 5.56 Å². The number of fused-ring (bicyclic) bond motifs is 1. The fraction of sp³-hybridized carbons (Fsp3) is 0.0714. The highest BCUT2D eigenvalue weighted by molar-refractivity contribution is 6.39. The van der Waals surface area contributed by atoms with Gasteiger partial charge in [0.2, 0.25) is 0 Å². The molecule has 8 heteroatoms. The fourth-order valence-electron chi connectivity index (χ4n) is 3.70. The van der Waals surface area contributed by atoms with Gasteiger partial charge < -0.3 is 19.8 Å². The van der Waals surface area contributed by atoms with Crippen LogP contribution in [-0.2, 0) is 6.42 Å². The number of nitrogens with one attached hydrogen (secondary N) is 2. The van der Waals surface area contributed by atoms with E-state index in [1.165, 1.54) is 0 Å². The third kappa shape index (κ3) is 5.62. The van der Waals surface area contributed by atoms with Crippen molar-refractivity contribution in [3.05, 3.63) is 107 Å². The van der Waals surface area contributed by atoms with Gasteiger partial charge in [-0.25, -0.2) is 9.78 Å². The highest BCUT2D eigenvalue weighted by Gasteiger charge is 2.14. The van der Waals surface area contributed by atoms with Gasteiger partial charge in [-0.2, -0.15) is 0 Å². The van der Waals surface area contributed by atoms with Gasteiger partial charge in [-0.05, 0) is 60.5 Å². The van der Waals surface area contributed by atoms with Gasteiger partial charge in [-0.15, -0.1) is 0 Å². The lowest BCUT2D eigenvalue weighted by Gasteiger charge is -2.08. The Morgan fingerprint density at radius 2 is 1.53 bits per heavy atom. The van der Waals surface area contributed by atoms with Gasteiger partial charge in [0.15, 0.2) is 0 Å². The highest BCUT2D eigenvalue weighted by atomic mass is 35.5. The average molecular weight is 518 g/mol. The Morgan fingerprint density at radius 1 is 0.833 bits per heavy atom. The van der Waals surface area contributed by atoms with Gasteiger partial charge in [-0.3, -0.25) is 0 Å². The van der Waals surface area contributed by atoms with Gasteiger partial charge in [-0.1, -0.05) is 59.6 Å². The lowest BCUT2D eigenvalue weighted by Crippen LogP contribution is -2.28. The number of carbonyl (C=O) groups excluding carboxylic acids is 1. The maximum Gasteiger partial charge on any atom is 0.412 e. The first-order chi connectivity index (χ1) is 17.5. The molecule has 0 atom stereocenters. The SMILES string of the molecule is O=C(NCCc1ccc(Oc2ccccc2)cc1)Oc1ccc2nc(-c3c(Cl)cccc3Cl)[nH]c2c1. The molecule has 0 aliphatic rings. The summed E-state index contributed by atoms with van der Waals surface area (Å²) in [4.78, 5) is 20.0. The Kier molecular flexibility index (Phi) is 7.07. The van der Waals surface area contributed by atoms with Gasteiger partial charge in [0.1, 0.15) is 23.1 Å². The largest absolute Gasteiger partial charge is 0.457 e. The third-order valence-corrected chi connectivity index (χ3v) is 6.08. The Labute approximate surface area is 217 Å². The second kappa shape index (κ2) is 10.7. The van der Waals surface area contributed by atoms with Crippen molar-refractivity contribution in [2.75, 3.05) is 6.54 Å². The Morgan fingerprint density at radius 3 is 2.28 bits per heavy atom. The van der Waals surface area contributed by atoms with Gasteiger partial charge in [0.05, 0.1) is 26.6 Å². The molecule has 180 valence electrons. The number of aromatic amines is 1. The Balaban J connectivity index is 1.15. The minimum Gasteiger partial charge on any atom is -0.457 e. The number of aromatic nitrogens is 2. The molecule has 4 aromatic carbocycles. The molecule has 0 fully saturated rings. The molecule has 2 N–H and O–H groups in total. The zero-order chi connectivity index (χ0) is 24.9. The Hall–Kier alpha value is -4.00. The number of hydrogen-bond donors (Lipinski definition) is 2. The third-order valence-electron chi connectivity index (χ3n) is 5.45. The summed E-state index contributed by atoms with van der Waals surface area (Å²) >= 11 is 12.6. The number of H-pyrrole nitrogens is 1. The zero-order valence-electron chi connectivity index (χ0n) is 19.0. The number of para-hydroxylation sites is 1. The maximum absolute atomic E-state index is 12.3. The molecule has 5 rings (SSSR count). The molecule has 0 bridgehead atoms. The van der Waals surface area contributed by atoms with Gasteiger partial charge >= 0.3 is 6.09 Å². The molecule has 0 aliphatic carbocycles. The topological polar surface area (TPSA) is 76.2 Å². The first-order valence-corrected chi connectivity index (χ1v) is 12.0. The molecule has 0 unspecified atom stereocenters. The molecule has 5 aromatic rings. The number of halogens is 2. The van der Waals surface area contributed by atoms with Crippen LogP contribution in [0.25, 0.3) is 22.4 Å². The van der Waals surface area contributed by atoms with Crippen LogP contribution in [-0.4, -0.2) is 22.6 Å². The van der Waals surface area contributed by atoms with E-state index in [0.29, 0.717) is 51.2 Å². The number of nitrogens with zero attached hydrogens (tertiary/aromatic N) is 1. The summed E-state index contributed by atoms with van der Waals surface area (Å²) in [5.74, 6) is 2.48. The molecule has 1 heterocycles. The van der Waals surface area contributed by atoms with E-state index < -0.39 is 6.09 Å².